The van der Waals surface area contributed by atoms with E-state index in [1.165, 1.54) is 0 Å². The number of nitrogens with one attached hydrogen (secondary N) is 1. The van der Waals surface area contributed by atoms with Crippen molar-refractivity contribution < 1.29 is 19.0 Å². The Morgan fingerprint density at radius 3 is 2.80 bits per heavy atom. The summed E-state index contributed by atoms with van der Waals surface area (Å²) in [5.74, 6) is 0.526. The predicted octanol–water partition coefficient (Wildman–Crippen LogP) is 1.15. The molecule has 6 heteroatoms. The number of benzene rings is 1. The maximum absolute atomic E-state index is 11.6. The van der Waals surface area contributed by atoms with Gasteiger partial charge in [0.05, 0.1) is 19.8 Å². The molecule has 3 N–H and O–H groups in total. The fourth-order valence-electron chi connectivity index (χ4n) is 1.62. The van der Waals surface area contributed by atoms with E-state index in [0.29, 0.717) is 32.1 Å². The monoisotopic (exact) mass is 282 g/mol. The standard InChI is InChI=1S/C14H22N2O4/c1-3-20-13-5-4-12(8-11(13)9-15)16-14(17)10-19-7-6-18-2/h4-5,8H,3,6-7,9-10,15H2,1-2H3,(H,16,17). The number of anilines is 1. The van der Waals surface area contributed by atoms with Crippen molar-refractivity contribution in [1.82, 2.24) is 0 Å². The van der Waals surface area contributed by atoms with E-state index >= 15 is 0 Å². The Kier molecular flexibility index (Phi) is 7.64. The van der Waals surface area contributed by atoms with Crippen molar-refractivity contribution in [1.29, 1.82) is 0 Å². The van der Waals surface area contributed by atoms with Crippen molar-refractivity contribution in [3.8, 4) is 5.75 Å². The van der Waals surface area contributed by atoms with Crippen molar-refractivity contribution in [3.05, 3.63) is 23.8 Å². The second-order valence-electron chi connectivity index (χ2n) is 4.05. The van der Waals surface area contributed by atoms with Gasteiger partial charge in [-0.2, -0.15) is 0 Å². The van der Waals surface area contributed by atoms with Crippen molar-refractivity contribution in [2.75, 3.05) is 38.9 Å². The van der Waals surface area contributed by atoms with Crippen LogP contribution in [0.15, 0.2) is 18.2 Å². The molecule has 0 saturated carbocycles. The van der Waals surface area contributed by atoms with Crippen molar-refractivity contribution >= 4 is 11.6 Å². The molecule has 112 valence electrons. The molecule has 0 saturated heterocycles. The smallest absolute Gasteiger partial charge is 0.250 e. The van der Waals surface area contributed by atoms with Crippen LogP contribution in [0.1, 0.15) is 12.5 Å². The van der Waals surface area contributed by atoms with Crippen LogP contribution in [0.3, 0.4) is 0 Å². The van der Waals surface area contributed by atoms with E-state index in [0.717, 1.165) is 11.3 Å². The average Bonchev–Trinajstić information content (AvgIpc) is 2.45. The van der Waals surface area contributed by atoms with Gasteiger partial charge in [0.15, 0.2) is 0 Å². The number of hydrogen-bond donors (Lipinski definition) is 2. The van der Waals surface area contributed by atoms with Gasteiger partial charge in [-0.25, -0.2) is 0 Å². The minimum Gasteiger partial charge on any atom is -0.494 e. The Balaban J connectivity index is 2.52. The van der Waals surface area contributed by atoms with E-state index in [9.17, 15) is 4.79 Å². The third-order valence-corrected chi connectivity index (χ3v) is 2.53. The molecule has 0 bridgehead atoms. The number of methoxy groups -OCH3 is 1. The van der Waals surface area contributed by atoms with Crippen LogP contribution in [-0.4, -0.2) is 39.4 Å². The zero-order chi connectivity index (χ0) is 14.8. The molecular formula is C14H22N2O4. The molecule has 1 aromatic carbocycles. The lowest BCUT2D eigenvalue weighted by Crippen LogP contribution is -2.19. The Morgan fingerprint density at radius 2 is 2.15 bits per heavy atom. The van der Waals surface area contributed by atoms with Crippen LogP contribution in [-0.2, 0) is 20.8 Å². The van der Waals surface area contributed by atoms with Gasteiger partial charge in [0.1, 0.15) is 12.4 Å². The fraction of sp³-hybridized carbons (Fsp3) is 0.500. The molecule has 6 nitrogen and oxygen atoms in total. The number of carbonyl (C=O) groups excluding carboxylic acids is 1. The van der Waals surface area contributed by atoms with Gasteiger partial charge in [-0.05, 0) is 25.1 Å². The first-order valence-corrected chi connectivity index (χ1v) is 6.53. The summed E-state index contributed by atoms with van der Waals surface area (Å²) in [4.78, 5) is 11.6. The zero-order valence-electron chi connectivity index (χ0n) is 12.0. The van der Waals surface area contributed by atoms with E-state index in [4.69, 9.17) is 19.9 Å². The quantitative estimate of drug-likeness (QED) is 0.664. The van der Waals surface area contributed by atoms with Crippen LogP contribution in [0.25, 0.3) is 0 Å². The van der Waals surface area contributed by atoms with Gasteiger partial charge in [0.25, 0.3) is 0 Å². The number of amides is 1. The van der Waals surface area contributed by atoms with Gasteiger partial charge < -0.3 is 25.3 Å². The van der Waals surface area contributed by atoms with Gasteiger partial charge in [-0.1, -0.05) is 0 Å². The van der Waals surface area contributed by atoms with Gasteiger partial charge in [-0.3, -0.25) is 4.79 Å². The van der Waals surface area contributed by atoms with E-state index < -0.39 is 0 Å². The first-order valence-electron chi connectivity index (χ1n) is 6.53. The summed E-state index contributed by atoms with van der Waals surface area (Å²) < 4.78 is 15.4. The van der Waals surface area contributed by atoms with Crippen LogP contribution >= 0.6 is 0 Å². The third kappa shape index (κ3) is 5.56. The minimum atomic E-state index is -0.215. The predicted molar refractivity (Wildman–Crippen MR) is 76.8 cm³/mol. The summed E-state index contributed by atoms with van der Waals surface area (Å²) in [5.41, 5.74) is 7.19. The molecule has 0 fully saturated rings. The minimum absolute atomic E-state index is 0.00543. The first kappa shape index (κ1) is 16.4. The van der Waals surface area contributed by atoms with Crippen LogP contribution < -0.4 is 15.8 Å². The van der Waals surface area contributed by atoms with E-state index in [2.05, 4.69) is 5.32 Å². The Hall–Kier alpha value is -1.63. The third-order valence-electron chi connectivity index (χ3n) is 2.53. The number of carbonyl (C=O) groups is 1. The summed E-state index contributed by atoms with van der Waals surface area (Å²) in [5, 5.41) is 2.75. The number of ether oxygens (including phenoxy) is 3. The first-order chi connectivity index (χ1) is 9.71. The lowest BCUT2D eigenvalue weighted by atomic mass is 10.1. The van der Waals surface area contributed by atoms with Gasteiger partial charge in [0, 0.05) is 24.9 Å². The molecule has 0 aliphatic rings. The van der Waals surface area contributed by atoms with Gasteiger partial charge >= 0.3 is 0 Å². The van der Waals surface area contributed by atoms with Crippen molar-refractivity contribution in [2.24, 2.45) is 5.73 Å². The SMILES string of the molecule is CCOc1ccc(NC(=O)COCCOC)cc1CN. The second kappa shape index (κ2) is 9.30. The summed E-state index contributed by atoms with van der Waals surface area (Å²) in [6.45, 7) is 3.69. The van der Waals surface area contributed by atoms with Crippen LogP contribution in [0.5, 0.6) is 5.75 Å². The molecule has 0 aliphatic heterocycles. The lowest BCUT2D eigenvalue weighted by molar-refractivity contribution is -0.121. The fourth-order valence-corrected chi connectivity index (χ4v) is 1.62. The summed E-state index contributed by atoms with van der Waals surface area (Å²) in [7, 11) is 1.58. The molecule has 1 rings (SSSR count). The summed E-state index contributed by atoms with van der Waals surface area (Å²) in [6.07, 6.45) is 0. The number of rotatable bonds is 9. The number of hydrogen-bond acceptors (Lipinski definition) is 5. The van der Waals surface area contributed by atoms with E-state index in [-0.39, 0.29) is 12.5 Å². The molecule has 20 heavy (non-hydrogen) atoms. The molecular weight excluding hydrogens is 260 g/mol. The molecule has 0 atom stereocenters. The van der Waals surface area contributed by atoms with Gasteiger partial charge in [0.2, 0.25) is 5.91 Å². The second-order valence-corrected chi connectivity index (χ2v) is 4.05. The average molecular weight is 282 g/mol. The Labute approximate surface area is 119 Å². The molecule has 0 aliphatic carbocycles. The van der Waals surface area contributed by atoms with Crippen LogP contribution in [0.2, 0.25) is 0 Å². The zero-order valence-corrected chi connectivity index (χ0v) is 12.0. The van der Waals surface area contributed by atoms with Gasteiger partial charge in [-0.15, -0.1) is 0 Å². The van der Waals surface area contributed by atoms with Crippen molar-refractivity contribution in [2.45, 2.75) is 13.5 Å². The molecule has 0 heterocycles. The largest absolute Gasteiger partial charge is 0.494 e. The number of nitrogens with two attached hydrogens (primary N) is 1. The molecule has 1 aromatic rings. The highest BCUT2D eigenvalue weighted by Crippen LogP contribution is 2.22. The Bertz CT molecular complexity index is 424. The molecule has 0 radical (unpaired) electrons. The highest BCUT2D eigenvalue weighted by Gasteiger charge is 2.06. The Morgan fingerprint density at radius 1 is 1.35 bits per heavy atom. The highest BCUT2D eigenvalue weighted by molar-refractivity contribution is 5.91. The highest BCUT2D eigenvalue weighted by atomic mass is 16.5. The topological polar surface area (TPSA) is 82.8 Å². The molecule has 0 aromatic heterocycles. The van der Waals surface area contributed by atoms with Crippen molar-refractivity contribution in [3.63, 3.8) is 0 Å². The maximum Gasteiger partial charge on any atom is 0.250 e. The molecule has 0 unspecified atom stereocenters. The normalized spacial score (nSPS) is 10.3. The summed E-state index contributed by atoms with van der Waals surface area (Å²) in [6, 6.07) is 5.38. The maximum atomic E-state index is 11.6. The molecule has 1 amide bonds. The lowest BCUT2D eigenvalue weighted by Gasteiger charge is -2.11. The summed E-state index contributed by atoms with van der Waals surface area (Å²) >= 11 is 0. The van der Waals surface area contributed by atoms with Crippen LogP contribution in [0.4, 0.5) is 5.69 Å². The van der Waals surface area contributed by atoms with E-state index in [1.807, 2.05) is 6.92 Å². The van der Waals surface area contributed by atoms with Crippen LogP contribution in [0, 0.1) is 0 Å². The molecule has 0 spiro atoms. The van der Waals surface area contributed by atoms with E-state index in [1.54, 1.807) is 25.3 Å².